The number of carbonyl (C=O) groups excluding carboxylic acids is 1. The molecule has 0 aliphatic heterocycles. The molecule has 0 atom stereocenters. The first-order chi connectivity index (χ1) is 8.69. The van der Waals surface area contributed by atoms with E-state index in [0.29, 0.717) is 16.5 Å². The number of methoxy groups -OCH3 is 1. The molecule has 0 fully saturated rings. The molecule has 1 amide bonds. The van der Waals surface area contributed by atoms with Crippen molar-refractivity contribution in [3.05, 3.63) is 35.9 Å². The average molecular weight is 267 g/mol. The molecule has 1 aromatic carbocycles. The van der Waals surface area contributed by atoms with E-state index in [9.17, 15) is 4.79 Å². The zero-order chi connectivity index (χ0) is 13.0. The van der Waals surface area contributed by atoms with Crippen LogP contribution in [0.4, 0.5) is 5.69 Å². The molecule has 18 heavy (non-hydrogen) atoms. The van der Waals surface area contributed by atoms with Gasteiger partial charge >= 0.3 is 0 Å². The monoisotopic (exact) mass is 266 g/mol. The van der Waals surface area contributed by atoms with Crippen LogP contribution in [0.3, 0.4) is 0 Å². The fourth-order valence-corrected chi connectivity index (χ4v) is 1.66. The van der Waals surface area contributed by atoms with E-state index in [1.807, 2.05) is 0 Å². The SMILES string of the molecule is COc1ccc(NC(=O)Cn2cncn2)cc1Cl. The lowest BCUT2D eigenvalue weighted by Crippen LogP contribution is -2.18. The smallest absolute Gasteiger partial charge is 0.246 e. The minimum absolute atomic E-state index is 0.101. The predicted molar refractivity (Wildman–Crippen MR) is 66.7 cm³/mol. The Balaban J connectivity index is 2.01. The minimum atomic E-state index is -0.207. The zero-order valence-corrected chi connectivity index (χ0v) is 10.4. The van der Waals surface area contributed by atoms with Gasteiger partial charge in [0, 0.05) is 5.69 Å². The first-order valence-electron chi connectivity index (χ1n) is 5.15. The summed E-state index contributed by atoms with van der Waals surface area (Å²) >= 11 is 5.95. The molecule has 2 rings (SSSR count). The van der Waals surface area contributed by atoms with Crippen LogP contribution in [0.2, 0.25) is 5.02 Å². The van der Waals surface area contributed by atoms with E-state index < -0.39 is 0 Å². The minimum Gasteiger partial charge on any atom is -0.495 e. The second kappa shape index (κ2) is 5.50. The number of nitrogens with one attached hydrogen (secondary N) is 1. The van der Waals surface area contributed by atoms with Crippen LogP contribution in [-0.2, 0) is 11.3 Å². The van der Waals surface area contributed by atoms with Gasteiger partial charge in [-0.2, -0.15) is 5.10 Å². The molecule has 6 nitrogen and oxygen atoms in total. The van der Waals surface area contributed by atoms with Crippen LogP contribution in [0.25, 0.3) is 0 Å². The quantitative estimate of drug-likeness (QED) is 0.912. The topological polar surface area (TPSA) is 69.0 Å². The number of amides is 1. The largest absolute Gasteiger partial charge is 0.495 e. The molecule has 1 N–H and O–H groups in total. The summed E-state index contributed by atoms with van der Waals surface area (Å²) in [6.07, 6.45) is 2.85. The predicted octanol–water partition coefficient (Wildman–Crippen LogP) is 1.58. The Labute approximate surface area is 109 Å². The number of hydrogen-bond donors (Lipinski definition) is 1. The third-order valence-corrected chi connectivity index (χ3v) is 2.50. The van der Waals surface area contributed by atoms with Gasteiger partial charge in [-0.1, -0.05) is 11.6 Å². The molecule has 0 spiro atoms. The van der Waals surface area contributed by atoms with Crippen molar-refractivity contribution in [2.24, 2.45) is 0 Å². The lowest BCUT2D eigenvalue weighted by atomic mass is 10.3. The van der Waals surface area contributed by atoms with Crippen molar-refractivity contribution in [3.63, 3.8) is 0 Å². The van der Waals surface area contributed by atoms with Gasteiger partial charge in [0.25, 0.3) is 0 Å². The van der Waals surface area contributed by atoms with E-state index in [2.05, 4.69) is 15.4 Å². The molecule has 0 aliphatic rings. The number of anilines is 1. The van der Waals surface area contributed by atoms with E-state index in [4.69, 9.17) is 16.3 Å². The summed E-state index contributed by atoms with van der Waals surface area (Å²) in [5.41, 5.74) is 0.603. The van der Waals surface area contributed by atoms with Crippen molar-refractivity contribution in [1.82, 2.24) is 14.8 Å². The number of carbonyl (C=O) groups is 1. The molecule has 0 radical (unpaired) electrons. The first-order valence-corrected chi connectivity index (χ1v) is 5.52. The van der Waals surface area contributed by atoms with E-state index in [-0.39, 0.29) is 12.5 Å². The van der Waals surface area contributed by atoms with Crippen LogP contribution in [-0.4, -0.2) is 27.8 Å². The van der Waals surface area contributed by atoms with Gasteiger partial charge in [-0.25, -0.2) is 9.67 Å². The van der Waals surface area contributed by atoms with E-state index >= 15 is 0 Å². The molecule has 1 heterocycles. The van der Waals surface area contributed by atoms with E-state index in [0.717, 1.165) is 0 Å². The van der Waals surface area contributed by atoms with Crippen molar-refractivity contribution in [2.75, 3.05) is 12.4 Å². The summed E-state index contributed by atoms with van der Waals surface area (Å²) in [7, 11) is 1.53. The molecule has 2 aromatic rings. The van der Waals surface area contributed by atoms with Gasteiger partial charge in [-0.15, -0.1) is 0 Å². The van der Waals surface area contributed by atoms with E-state index in [1.54, 1.807) is 18.2 Å². The van der Waals surface area contributed by atoms with Crippen LogP contribution >= 0.6 is 11.6 Å². The Morgan fingerprint density at radius 2 is 2.39 bits per heavy atom. The van der Waals surface area contributed by atoms with Gasteiger partial charge in [-0.3, -0.25) is 4.79 Å². The molecule has 0 bridgehead atoms. The number of halogens is 1. The van der Waals surface area contributed by atoms with Gasteiger partial charge in [0.2, 0.25) is 5.91 Å². The Morgan fingerprint density at radius 3 is 3.00 bits per heavy atom. The maximum atomic E-state index is 11.7. The summed E-state index contributed by atoms with van der Waals surface area (Å²) in [4.78, 5) is 15.4. The summed E-state index contributed by atoms with van der Waals surface area (Å²) in [6.45, 7) is 0.101. The van der Waals surface area contributed by atoms with Gasteiger partial charge < -0.3 is 10.1 Å². The summed E-state index contributed by atoms with van der Waals surface area (Å²) in [5, 5.41) is 6.99. The molecular weight excluding hydrogens is 256 g/mol. The molecular formula is C11H11ClN4O2. The zero-order valence-electron chi connectivity index (χ0n) is 9.63. The lowest BCUT2D eigenvalue weighted by Gasteiger charge is -2.07. The third-order valence-electron chi connectivity index (χ3n) is 2.21. The highest BCUT2D eigenvalue weighted by molar-refractivity contribution is 6.32. The Kier molecular flexibility index (Phi) is 3.78. The summed E-state index contributed by atoms with van der Waals surface area (Å²) in [6, 6.07) is 5.02. The van der Waals surface area contributed by atoms with Crippen LogP contribution in [0.15, 0.2) is 30.9 Å². The van der Waals surface area contributed by atoms with Gasteiger partial charge in [0.05, 0.1) is 12.1 Å². The van der Waals surface area contributed by atoms with Crippen LogP contribution in [0, 0.1) is 0 Å². The number of nitrogens with zero attached hydrogens (tertiary/aromatic N) is 3. The summed E-state index contributed by atoms with van der Waals surface area (Å²) < 4.78 is 6.45. The second-order valence-electron chi connectivity index (χ2n) is 3.49. The van der Waals surface area contributed by atoms with Gasteiger partial charge in [0.1, 0.15) is 24.9 Å². The molecule has 0 saturated carbocycles. The number of hydrogen-bond acceptors (Lipinski definition) is 4. The molecule has 1 aromatic heterocycles. The van der Waals surface area contributed by atoms with Crippen molar-refractivity contribution in [1.29, 1.82) is 0 Å². The van der Waals surface area contributed by atoms with Crippen LogP contribution < -0.4 is 10.1 Å². The third kappa shape index (κ3) is 2.98. The standard InChI is InChI=1S/C11H11ClN4O2/c1-18-10-3-2-8(4-9(10)12)15-11(17)5-16-7-13-6-14-16/h2-4,6-7H,5H2,1H3,(H,15,17). The van der Waals surface area contributed by atoms with Crippen molar-refractivity contribution in [2.45, 2.75) is 6.54 Å². The highest BCUT2D eigenvalue weighted by Gasteiger charge is 2.06. The van der Waals surface area contributed by atoms with Gasteiger partial charge in [0.15, 0.2) is 0 Å². The highest BCUT2D eigenvalue weighted by Crippen LogP contribution is 2.27. The number of rotatable bonds is 4. The fraction of sp³-hybridized carbons (Fsp3) is 0.182. The molecule has 7 heteroatoms. The molecule has 94 valence electrons. The normalized spacial score (nSPS) is 10.1. The van der Waals surface area contributed by atoms with Gasteiger partial charge in [-0.05, 0) is 18.2 Å². The lowest BCUT2D eigenvalue weighted by molar-refractivity contribution is -0.116. The maximum absolute atomic E-state index is 11.7. The molecule has 0 unspecified atom stereocenters. The van der Waals surface area contributed by atoms with E-state index in [1.165, 1.54) is 24.4 Å². The maximum Gasteiger partial charge on any atom is 0.246 e. The second-order valence-corrected chi connectivity index (χ2v) is 3.90. The van der Waals surface area contributed by atoms with Crippen LogP contribution in [0.5, 0.6) is 5.75 Å². The first kappa shape index (κ1) is 12.4. The fourth-order valence-electron chi connectivity index (χ4n) is 1.41. The molecule has 0 aliphatic carbocycles. The highest BCUT2D eigenvalue weighted by atomic mass is 35.5. The number of aromatic nitrogens is 3. The Bertz CT molecular complexity index is 542. The number of benzene rings is 1. The van der Waals surface area contributed by atoms with Crippen LogP contribution in [0.1, 0.15) is 0 Å². The summed E-state index contributed by atoms with van der Waals surface area (Å²) in [5.74, 6) is 0.354. The average Bonchev–Trinajstić information content (AvgIpc) is 2.82. The van der Waals surface area contributed by atoms with Crippen molar-refractivity contribution >= 4 is 23.2 Å². The Morgan fingerprint density at radius 1 is 1.56 bits per heavy atom. The Hall–Kier alpha value is -2.08. The van der Waals surface area contributed by atoms with Crippen molar-refractivity contribution < 1.29 is 9.53 Å². The number of ether oxygens (including phenoxy) is 1. The van der Waals surface area contributed by atoms with Crippen molar-refractivity contribution in [3.8, 4) is 5.75 Å². The molecule has 0 saturated heterocycles.